The Labute approximate surface area is 149 Å². The first-order valence-corrected chi connectivity index (χ1v) is 8.97. The van der Waals surface area contributed by atoms with Crippen LogP contribution in [0.15, 0.2) is 36.4 Å². The number of methoxy groups -OCH3 is 1. The van der Waals surface area contributed by atoms with E-state index >= 15 is 0 Å². The smallest absolute Gasteiger partial charge is 0.256 e. The number of anilines is 1. The zero-order chi connectivity index (χ0) is 18.0. The Morgan fingerprint density at radius 1 is 1.20 bits per heavy atom. The SMILES string of the molecule is COC(C)(C(=O)Nc1ccc(OCC(C)C)c2ccccc12)C1CC1. The monoisotopic (exact) mass is 341 g/mol. The van der Waals surface area contributed by atoms with Crippen molar-refractivity contribution in [2.24, 2.45) is 11.8 Å². The van der Waals surface area contributed by atoms with Gasteiger partial charge in [-0.3, -0.25) is 4.79 Å². The number of ether oxygens (including phenoxy) is 2. The van der Waals surface area contributed by atoms with Crippen molar-refractivity contribution < 1.29 is 14.3 Å². The van der Waals surface area contributed by atoms with Crippen LogP contribution in [0.5, 0.6) is 5.75 Å². The van der Waals surface area contributed by atoms with E-state index in [1.165, 1.54) is 0 Å². The lowest BCUT2D eigenvalue weighted by atomic mass is 9.98. The van der Waals surface area contributed by atoms with Crippen LogP contribution in [0.2, 0.25) is 0 Å². The zero-order valence-corrected chi connectivity index (χ0v) is 15.5. The Morgan fingerprint density at radius 2 is 1.88 bits per heavy atom. The minimum atomic E-state index is -0.770. The molecule has 1 aliphatic rings. The van der Waals surface area contributed by atoms with Gasteiger partial charge in [0.1, 0.15) is 11.4 Å². The molecule has 4 heteroatoms. The maximum atomic E-state index is 12.8. The molecule has 1 fully saturated rings. The number of carbonyl (C=O) groups excluding carboxylic acids is 1. The molecule has 1 N–H and O–H groups in total. The molecule has 1 saturated carbocycles. The lowest BCUT2D eigenvalue weighted by Crippen LogP contribution is -2.44. The van der Waals surface area contributed by atoms with E-state index in [9.17, 15) is 4.79 Å². The lowest BCUT2D eigenvalue weighted by Gasteiger charge is -2.27. The Bertz CT molecular complexity index is 767. The highest BCUT2D eigenvalue weighted by molar-refractivity contribution is 6.06. The summed E-state index contributed by atoms with van der Waals surface area (Å²) in [5, 5.41) is 5.05. The molecule has 1 atom stereocenters. The van der Waals surface area contributed by atoms with Gasteiger partial charge in [-0.2, -0.15) is 0 Å². The molecule has 0 aromatic heterocycles. The van der Waals surface area contributed by atoms with Gasteiger partial charge >= 0.3 is 0 Å². The molecule has 134 valence electrons. The Morgan fingerprint density at radius 3 is 2.48 bits per heavy atom. The van der Waals surface area contributed by atoms with E-state index < -0.39 is 5.60 Å². The van der Waals surface area contributed by atoms with Crippen molar-refractivity contribution in [2.75, 3.05) is 19.0 Å². The molecule has 2 aromatic carbocycles. The Hall–Kier alpha value is -2.07. The molecule has 0 bridgehead atoms. The quantitative estimate of drug-likeness (QED) is 0.799. The number of rotatable bonds is 7. The zero-order valence-electron chi connectivity index (χ0n) is 15.5. The summed E-state index contributed by atoms with van der Waals surface area (Å²) in [5.41, 5.74) is 0.0231. The van der Waals surface area contributed by atoms with Crippen LogP contribution in [-0.2, 0) is 9.53 Å². The first-order valence-electron chi connectivity index (χ1n) is 8.97. The molecule has 3 rings (SSSR count). The number of hydrogen-bond acceptors (Lipinski definition) is 3. The third-order valence-electron chi connectivity index (χ3n) is 4.94. The molecule has 2 aromatic rings. The van der Waals surface area contributed by atoms with Gasteiger partial charge in [-0.15, -0.1) is 0 Å². The van der Waals surface area contributed by atoms with Crippen LogP contribution < -0.4 is 10.1 Å². The van der Waals surface area contributed by atoms with Gasteiger partial charge in [0.2, 0.25) is 0 Å². The van der Waals surface area contributed by atoms with Crippen LogP contribution in [0.3, 0.4) is 0 Å². The maximum absolute atomic E-state index is 12.8. The highest BCUT2D eigenvalue weighted by Gasteiger charge is 2.47. The van der Waals surface area contributed by atoms with Crippen LogP contribution in [0.1, 0.15) is 33.6 Å². The molecule has 0 heterocycles. The van der Waals surface area contributed by atoms with Gasteiger partial charge in [-0.1, -0.05) is 38.1 Å². The Kier molecular flexibility index (Phi) is 5.00. The van der Waals surface area contributed by atoms with Gasteiger partial charge in [-0.05, 0) is 43.7 Å². The lowest BCUT2D eigenvalue weighted by molar-refractivity contribution is -0.138. The van der Waals surface area contributed by atoms with E-state index in [-0.39, 0.29) is 5.91 Å². The summed E-state index contributed by atoms with van der Waals surface area (Å²) in [7, 11) is 1.61. The van der Waals surface area contributed by atoms with Gasteiger partial charge in [-0.25, -0.2) is 0 Å². The van der Waals surface area contributed by atoms with Gasteiger partial charge in [0.05, 0.1) is 6.61 Å². The topological polar surface area (TPSA) is 47.6 Å². The summed E-state index contributed by atoms with van der Waals surface area (Å²) >= 11 is 0. The highest BCUT2D eigenvalue weighted by Crippen LogP contribution is 2.42. The first-order chi connectivity index (χ1) is 12.0. The molecule has 0 radical (unpaired) electrons. The summed E-state index contributed by atoms with van der Waals surface area (Å²) in [6, 6.07) is 11.8. The minimum Gasteiger partial charge on any atom is -0.493 e. The van der Waals surface area contributed by atoms with E-state index in [1.54, 1.807) is 7.11 Å². The number of amides is 1. The van der Waals surface area contributed by atoms with Crippen molar-refractivity contribution in [3.8, 4) is 5.75 Å². The van der Waals surface area contributed by atoms with Crippen LogP contribution in [0.4, 0.5) is 5.69 Å². The van der Waals surface area contributed by atoms with Crippen molar-refractivity contribution in [2.45, 2.75) is 39.2 Å². The molecule has 0 aliphatic heterocycles. The second-order valence-electron chi connectivity index (χ2n) is 7.40. The fourth-order valence-electron chi connectivity index (χ4n) is 3.09. The number of carbonyl (C=O) groups is 1. The molecular formula is C21H27NO3. The Balaban J connectivity index is 1.89. The number of benzene rings is 2. The summed E-state index contributed by atoms with van der Waals surface area (Å²) in [5.74, 6) is 1.52. The molecular weight excluding hydrogens is 314 g/mol. The normalized spacial score (nSPS) is 16.7. The average Bonchev–Trinajstić information content (AvgIpc) is 3.45. The molecule has 1 aliphatic carbocycles. The van der Waals surface area contributed by atoms with E-state index in [0.717, 1.165) is 35.1 Å². The van der Waals surface area contributed by atoms with Gasteiger partial charge in [0, 0.05) is 23.6 Å². The van der Waals surface area contributed by atoms with Crippen LogP contribution in [0, 0.1) is 11.8 Å². The van der Waals surface area contributed by atoms with Gasteiger partial charge < -0.3 is 14.8 Å². The molecule has 0 spiro atoms. The molecule has 1 unspecified atom stereocenters. The van der Waals surface area contributed by atoms with E-state index in [2.05, 4.69) is 19.2 Å². The standard InChI is InChI=1S/C21H27NO3/c1-14(2)13-25-19-12-11-18(16-7-5-6-8-17(16)19)22-20(23)21(3,24-4)15-9-10-15/h5-8,11-12,14-15H,9-10,13H2,1-4H3,(H,22,23). The third-order valence-corrected chi connectivity index (χ3v) is 4.94. The highest BCUT2D eigenvalue weighted by atomic mass is 16.5. The second-order valence-corrected chi connectivity index (χ2v) is 7.40. The summed E-state index contributed by atoms with van der Waals surface area (Å²) < 4.78 is 11.5. The van der Waals surface area contributed by atoms with Gasteiger partial charge in [0.25, 0.3) is 5.91 Å². The van der Waals surface area contributed by atoms with Crippen molar-refractivity contribution in [3.63, 3.8) is 0 Å². The van der Waals surface area contributed by atoms with Gasteiger partial charge in [0.15, 0.2) is 0 Å². The van der Waals surface area contributed by atoms with E-state index in [4.69, 9.17) is 9.47 Å². The predicted molar refractivity (Wildman–Crippen MR) is 101 cm³/mol. The van der Waals surface area contributed by atoms with Crippen LogP contribution in [-0.4, -0.2) is 25.2 Å². The van der Waals surface area contributed by atoms with Crippen molar-refractivity contribution in [1.82, 2.24) is 0 Å². The predicted octanol–water partition coefficient (Wildman–Crippen LogP) is 4.63. The van der Waals surface area contributed by atoms with Crippen LogP contribution in [0.25, 0.3) is 10.8 Å². The fourth-order valence-corrected chi connectivity index (χ4v) is 3.09. The third kappa shape index (κ3) is 3.64. The first kappa shape index (κ1) is 17.7. The maximum Gasteiger partial charge on any atom is 0.256 e. The van der Waals surface area contributed by atoms with Crippen molar-refractivity contribution in [3.05, 3.63) is 36.4 Å². The molecule has 0 saturated heterocycles. The van der Waals surface area contributed by atoms with Crippen molar-refractivity contribution in [1.29, 1.82) is 0 Å². The number of nitrogens with one attached hydrogen (secondary N) is 1. The summed E-state index contributed by atoms with van der Waals surface area (Å²) in [6.07, 6.45) is 2.08. The minimum absolute atomic E-state index is 0.0847. The number of hydrogen-bond donors (Lipinski definition) is 1. The second kappa shape index (κ2) is 7.04. The average molecular weight is 341 g/mol. The summed E-state index contributed by atoms with van der Waals surface area (Å²) in [4.78, 5) is 12.8. The fraction of sp³-hybridized carbons (Fsp3) is 0.476. The molecule has 4 nitrogen and oxygen atoms in total. The summed E-state index contributed by atoms with van der Waals surface area (Å²) in [6.45, 7) is 6.79. The molecule has 25 heavy (non-hydrogen) atoms. The largest absolute Gasteiger partial charge is 0.493 e. The molecule has 1 amide bonds. The number of fused-ring (bicyclic) bond motifs is 1. The van der Waals surface area contributed by atoms with E-state index in [1.807, 2.05) is 43.3 Å². The van der Waals surface area contributed by atoms with Crippen LogP contribution >= 0.6 is 0 Å². The van der Waals surface area contributed by atoms with Crippen molar-refractivity contribution >= 4 is 22.4 Å². The van der Waals surface area contributed by atoms with E-state index in [0.29, 0.717) is 18.4 Å².